The molecule has 0 bridgehead atoms. The average Bonchev–Trinajstić information content (AvgIpc) is 2.37. The number of carbonyl (C=O) groups excluding carboxylic acids is 1. The zero-order valence-electron chi connectivity index (χ0n) is 10.1. The number of amides is 1. The van der Waals surface area contributed by atoms with Gasteiger partial charge in [-0.05, 0) is 6.07 Å². The molecule has 0 aromatic carbocycles. The number of carbonyl (C=O) groups is 2. The molecule has 1 aromatic rings. The Balaban J connectivity index is 2.85. The number of hydrogen-bond acceptors (Lipinski definition) is 5. The van der Waals surface area contributed by atoms with Crippen LogP contribution in [-0.4, -0.2) is 49.3 Å². The first kappa shape index (κ1) is 13.9. The van der Waals surface area contributed by atoms with Gasteiger partial charge in [-0.3, -0.25) is 4.79 Å². The first-order chi connectivity index (χ1) is 8.60. The van der Waals surface area contributed by atoms with Gasteiger partial charge in [0.15, 0.2) is 11.4 Å². The number of aromatic nitrogens is 1. The van der Waals surface area contributed by atoms with Crippen molar-refractivity contribution in [3.05, 3.63) is 23.5 Å². The number of rotatable bonds is 6. The molecular weight excluding hydrogens is 240 g/mol. The van der Waals surface area contributed by atoms with Crippen LogP contribution in [0.4, 0.5) is 0 Å². The van der Waals surface area contributed by atoms with E-state index in [1.165, 1.54) is 26.5 Å². The van der Waals surface area contributed by atoms with Gasteiger partial charge < -0.3 is 19.9 Å². The Morgan fingerprint density at radius 1 is 1.44 bits per heavy atom. The lowest BCUT2D eigenvalue weighted by atomic mass is 10.2. The zero-order chi connectivity index (χ0) is 13.5. The summed E-state index contributed by atoms with van der Waals surface area (Å²) in [6.45, 7) is 0.752. The molecular formula is C11H14N2O5. The molecule has 0 aliphatic heterocycles. The number of pyridine rings is 1. The van der Waals surface area contributed by atoms with E-state index in [2.05, 4.69) is 10.3 Å². The predicted octanol–water partition coefficient (Wildman–Crippen LogP) is 0.165. The van der Waals surface area contributed by atoms with Gasteiger partial charge >= 0.3 is 5.97 Å². The number of aromatic carboxylic acids is 1. The predicted molar refractivity (Wildman–Crippen MR) is 62.0 cm³/mol. The monoisotopic (exact) mass is 254 g/mol. The molecule has 2 N–H and O–H groups in total. The second kappa shape index (κ2) is 6.55. The maximum Gasteiger partial charge on any atom is 0.358 e. The Labute approximate surface area is 104 Å². The molecule has 0 aliphatic rings. The summed E-state index contributed by atoms with van der Waals surface area (Å²) < 4.78 is 9.67. The number of nitrogens with one attached hydrogen (secondary N) is 1. The van der Waals surface area contributed by atoms with Crippen molar-refractivity contribution in [3.63, 3.8) is 0 Å². The van der Waals surface area contributed by atoms with E-state index >= 15 is 0 Å². The van der Waals surface area contributed by atoms with E-state index in [0.717, 1.165) is 0 Å². The minimum absolute atomic E-state index is 0.0434. The maximum atomic E-state index is 11.7. The molecule has 0 aliphatic carbocycles. The van der Waals surface area contributed by atoms with Crippen molar-refractivity contribution in [1.29, 1.82) is 0 Å². The normalized spacial score (nSPS) is 9.89. The van der Waals surface area contributed by atoms with E-state index in [9.17, 15) is 9.59 Å². The molecule has 98 valence electrons. The number of nitrogens with zero attached hydrogens (tertiary/aromatic N) is 1. The van der Waals surface area contributed by atoms with Crippen molar-refractivity contribution in [1.82, 2.24) is 10.3 Å². The highest BCUT2D eigenvalue weighted by atomic mass is 16.5. The second-order valence-electron chi connectivity index (χ2n) is 3.33. The van der Waals surface area contributed by atoms with Crippen LogP contribution in [0.3, 0.4) is 0 Å². The maximum absolute atomic E-state index is 11.7. The van der Waals surface area contributed by atoms with Crippen molar-refractivity contribution < 1.29 is 24.2 Å². The lowest BCUT2D eigenvalue weighted by molar-refractivity contribution is 0.0685. The Morgan fingerprint density at radius 2 is 2.17 bits per heavy atom. The van der Waals surface area contributed by atoms with Gasteiger partial charge in [0.05, 0.1) is 19.3 Å². The molecule has 1 amide bonds. The van der Waals surface area contributed by atoms with Crippen molar-refractivity contribution in [3.8, 4) is 5.75 Å². The summed E-state index contributed by atoms with van der Waals surface area (Å²) in [6.07, 6.45) is 1.19. The molecule has 0 atom stereocenters. The summed E-state index contributed by atoms with van der Waals surface area (Å²) in [4.78, 5) is 26.2. The van der Waals surface area contributed by atoms with Crippen molar-refractivity contribution >= 4 is 11.9 Å². The number of carboxylic acids is 1. The molecule has 0 spiro atoms. The van der Waals surface area contributed by atoms with Crippen LogP contribution < -0.4 is 10.1 Å². The van der Waals surface area contributed by atoms with Crippen LogP contribution in [0, 0.1) is 0 Å². The fourth-order valence-corrected chi connectivity index (χ4v) is 1.25. The topological polar surface area (TPSA) is 97.8 Å². The fourth-order valence-electron chi connectivity index (χ4n) is 1.25. The molecule has 0 saturated carbocycles. The molecule has 1 aromatic heterocycles. The molecule has 18 heavy (non-hydrogen) atoms. The highest BCUT2D eigenvalue weighted by molar-refractivity contribution is 5.96. The third kappa shape index (κ3) is 3.42. The van der Waals surface area contributed by atoms with E-state index < -0.39 is 5.97 Å². The quantitative estimate of drug-likeness (QED) is 0.702. The van der Waals surface area contributed by atoms with Gasteiger partial charge in [-0.1, -0.05) is 0 Å². The van der Waals surface area contributed by atoms with E-state index in [1.807, 2.05) is 0 Å². The van der Waals surface area contributed by atoms with Gasteiger partial charge in [0.1, 0.15) is 0 Å². The van der Waals surface area contributed by atoms with Crippen LogP contribution in [0.1, 0.15) is 20.8 Å². The van der Waals surface area contributed by atoms with Crippen molar-refractivity contribution in [2.45, 2.75) is 0 Å². The number of ether oxygens (including phenoxy) is 2. The molecule has 7 heteroatoms. The zero-order valence-corrected chi connectivity index (χ0v) is 10.1. The van der Waals surface area contributed by atoms with Crippen LogP contribution in [-0.2, 0) is 4.74 Å². The smallest absolute Gasteiger partial charge is 0.358 e. The average molecular weight is 254 g/mol. The molecule has 1 rings (SSSR count). The highest BCUT2D eigenvalue weighted by Crippen LogP contribution is 2.17. The Hall–Kier alpha value is -2.15. The summed E-state index contributed by atoms with van der Waals surface area (Å²) in [5, 5.41) is 11.4. The molecule has 0 fully saturated rings. The Kier molecular flexibility index (Phi) is 5.06. The molecule has 7 nitrogen and oxygen atoms in total. The summed E-state index contributed by atoms with van der Waals surface area (Å²) in [6, 6.07) is 1.33. The van der Waals surface area contributed by atoms with Crippen LogP contribution >= 0.6 is 0 Å². The summed E-state index contributed by atoms with van der Waals surface area (Å²) >= 11 is 0. The van der Waals surface area contributed by atoms with Crippen molar-refractivity contribution in [2.24, 2.45) is 0 Å². The minimum Gasteiger partial charge on any atom is -0.494 e. The van der Waals surface area contributed by atoms with Crippen LogP contribution in [0.5, 0.6) is 5.75 Å². The van der Waals surface area contributed by atoms with Crippen LogP contribution in [0.15, 0.2) is 12.3 Å². The standard InChI is InChI=1S/C11H14N2O5/c1-17-4-3-12-10(14)7-5-8(18-2)9(11(15)16)13-6-7/h5-6H,3-4H2,1-2H3,(H,12,14)(H,15,16). The van der Waals surface area contributed by atoms with Crippen LogP contribution in [0.25, 0.3) is 0 Å². The Bertz CT molecular complexity index is 447. The molecule has 1 heterocycles. The van der Waals surface area contributed by atoms with Gasteiger partial charge in [-0.25, -0.2) is 9.78 Å². The fraction of sp³-hybridized carbons (Fsp3) is 0.364. The summed E-state index contributed by atoms with van der Waals surface area (Å²) in [7, 11) is 2.84. The van der Waals surface area contributed by atoms with E-state index in [-0.39, 0.29) is 22.9 Å². The van der Waals surface area contributed by atoms with E-state index in [1.54, 1.807) is 0 Å². The van der Waals surface area contributed by atoms with Crippen LogP contribution in [0.2, 0.25) is 0 Å². The van der Waals surface area contributed by atoms with Gasteiger partial charge in [0, 0.05) is 19.9 Å². The SMILES string of the molecule is COCCNC(=O)c1cnc(C(=O)O)c(OC)c1. The molecule has 0 saturated heterocycles. The lowest BCUT2D eigenvalue weighted by Gasteiger charge is -2.07. The molecule has 0 radical (unpaired) electrons. The summed E-state index contributed by atoms with van der Waals surface area (Å²) in [5.41, 5.74) is -0.00102. The molecule has 0 unspecified atom stereocenters. The minimum atomic E-state index is -1.21. The first-order valence-corrected chi connectivity index (χ1v) is 5.14. The third-order valence-corrected chi connectivity index (χ3v) is 2.13. The van der Waals surface area contributed by atoms with Gasteiger partial charge in [0.2, 0.25) is 0 Å². The summed E-state index contributed by atoms with van der Waals surface area (Å²) in [5.74, 6) is -1.53. The second-order valence-corrected chi connectivity index (χ2v) is 3.33. The largest absolute Gasteiger partial charge is 0.494 e. The van der Waals surface area contributed by atoms with E-state index in [4.69, 9.17) is 14.6 Å². The third-order valence-electron chi connectivity index (χ3n) is 2.13. The lowest BCUT2D eigenvalue weighted by Crippen LogP contribution is -2.27. The first-order valence-electron chi connectivity index (χ1n) is 5.14. The Morgan fingerprint density at radius 3 is 2.72 bits per heavy atom. The van der Waals surface area contributed by atoms with Gasteiger partial charge in [0.25, 0.3) is 5.91 Å². The van der Waals surface area contributed by atoms with Gasteiger partial charge in [-0.2, -0.15) is 0 Å². The number of carboxylic acid groups (broad SMARTS) is 1. The van der Waals surface area contributed by atoms with Gasteiger partial charge in [-0.15, -0.1) is 0 Å². The highest BCUT2D eigenvalue weighted by Gasteiger charge is 2.15. The number of methoxy groups -OCH3 is 2. The number of hydrogen-bond donors (Lipinski definition) is 2. The van der Waals surface area contributed by atoms with Crippen molar-refractivity contribution in [2.75, 3.05) is 27.4 Å². The van der Waals surface area contributed by atoms with E-state index in [0.29, 0.717) is 13.2 Å².